The summed E-state index contributed by atoms with van der Waals surface area (Å²) in [5, 5.41) is 23.4. The zero-order valence-corrected chi connectivity index (χ0v) is 15.7. The SMILES string of the molecule is Cc1cc(-c2nn(C)c(Cl)c2CN2CCn3nc([C@H](C)O)cc3C2)no1. The Labute approximate surface area is 155 Å². The summed E-state index contributed by atoms with van der Waals surface area (Å²) in [6.45, 7) is 6.60. The molecule has 0 aliphatic carbocycles. The molecule has 0 radical (unpaired) electrons. The highest BCUT2D eigenvalue weighted by Gasteiger charge is 2.25. The minimum absolute atomic E-state index is 0.559. The first kappa shape index (κ1) is 17.3. The van der Waals surface area contributed by atoms with E-state index in [0.29, 0.717) is 23.1 Å². The van der Waals surface area contributed by atoms with Crippen LogP contribution in [-0.2, 0) is 26.7 Å². The standard InChI is InChI=1S/C17H21ClN6O2/c1-10-6-15(21-26-10)16-13(17(18)22(3)20-16)9-23-4-5-24-12(8-23)7-14(19-24)11(2)25/h6-7,11,25H,4-5,8-9H2,1-3H3/t11-/m0/s1. The van der Waals surface area contributed by atoms with Gasteiger partial charge in [0.1, 0.15) is 22.3 Å². The fourth-order valence-electron chi connectivity index (χ4n) is 3.28. The Morgan fingerprint density at radius 2 is 2.12 bits per heavy atom. The molecular weight excluding hydrogens is 356 g/mol. The van der Waals surface area contributed by atoms with E-state index in [1.54, 1.807) is 11.6 Å². The van der Waals surface area contributed by atoms with Crippen LogP contribution in [0.1, 0.15) is 35.7 Å². The molecule has 1 aliphatic rings. The quantitative estimate of drug-likeness (QED) is 0.752. The summed E-state index contributed by atoms with van der Waals surface area (Å²) in [6, 6.07) is 3.83. The molecular formula is C17H21ClN6O2. The molecule has 3 aromatic rings. The van der Waals surface area contributed by atoms with E-state index in [9.17, 15) is 5.11 Å². The summed E-state index contributed by atoms with van der Waals surface area (Å²) in [5.74, 6) is 0.736. The Morgan fingerprint density at radius 1 is 1.31 bits per heavy atom. The molecule has 3 aromatic heterocycles. The van der Waals surface area contributed by atoms with E-state index in [1.165, 1.54) is 0 Å². The zero-order valence-electron chi connectivity index (χ0n) is 15.0. The predicted octanol–water partition coefficient (Wildman–Crippen LogP) is 2.30. The summed E-state index contributed by atoms with van der Waals surface area (Å²) in [6.07, 6.45) is -0.559. The lowest BCUT2D eigenvalue weighted by molar-refractivity contribution is 0.189. The van der Waals surface area contributed by atoms with E-state index in [2.05, 4.69) is 20.3 Å². The molecule has 0 spiro atoms. The van der Waals surface area contributed by atoms with Crippen LogP contribution in [0.15, 0.2) is 16.7 Å². The highest BCUT2D eigenvalue weighted by atomic mass is 35.5. The summed E-state index contributed by atoms with van der Waals surface area (Å²) in [5.41, 5.74) is 4.17. The molecule has 0 bridgehead atoms. The second-order valence-corrected chi connectivity index (χ2v) is 7.09. The van der Waals surface area contributed by atoms with Gasteiger partial charge in [-0.3, -0.25) is 14.3 Å². The monoisotopic (exact) mass is 376 g/mol. The summed E-state index contributed by atoms with van der Waals surface area (Å²) in [4.78, 5) is 2.29. The van der Waals surface area contributed by atoms with E-state index in [-0.39, 0.29) is 0 Å². The molecule has 4 heterocycles. The second kappa shape index (κ2) is 6.53. The minimum atomic E-state index is -0.559. The van der Waals surface area contributed by atoms with Crippen molar-refractivity contribution in [2.75, 3.05) is 6.54 Å². The van der Waals surface area contributed by atoms with Crippen LogP contribution in [0.3, 0.4) is 0 Å². The third-order valence-electron chi connectivity index (χ3n) is 4.65. The Hall–Kier alpha value is -2.16. The number of fused-ring (bicyclic) bond motifs is 1. The van der Waals surface area contributed by atoms with Gasteiger partial charge in [0.2, 0.25) is 0 Å². The number of aliphatic hydroxyl groups is 1. The van der Waals surface area contributed by atoms with E-state index in [4.69, 9.17) is 16.1 Å². The van der Waals surface area contributed by atoms with Crippen LogP contribution >= 0.6 is 11.6 Å². The van der Waals surface area contributed by atoms with Crippen molar-refractivity contribution in [3.05, 3.63) is 40.0 Å². The van der Waals surface area contributed by atoms with Gasteiger partial charge in [-0.1, -0.05) is 16.8 Å². The second-order valence-electron chi connectivity index (χ2n) is 6.73. The topological polar surface area (TPSA) is 85.1 Å². The van der Waals surface area contributed by atoms with Gasteiger partial charge in [0.25, 0.3) is 0 Å². The van der Waals surface area contributed by atoms with Crippen LogP contribution in [0.2, 0.25) is 5.15 Å². The first-order valence-electron chi connectivity index (χ1n) is 8.54. The number of rotatable bonds is 4. The molecule has 1 N–H and O–H groups in total. The van der Waals surface area contributed by atoms with Gasteiger partial charge >= 0.3 is 0 Å². The molecule has 8 nitrogen and oxygen atoms in total. The molecule has 138 valence electrons. The largest absolute Gasteiger partial charge is 0.387 e. The summed E-state index contributed by atoms with van der Waals surface area (Å²) >= 11 is 6.50. The van der Waals surface area contributed by atoms with Crippen molar-refractivity contribution in [3.8, 4) is 11.4 Å². The molecule has 0 saturated heterocycles. The normalized spacial score (nSPS) is 16.0. The molecule has 0 fully saturated rings. The number of nitrogens with zero attached hydrogens (tertiary/aromatic N) is 6. The molecule has 0 saturated carbocycles. The summed E-state index contributed by atoms with van der Waals surface area (Å²) in [7, 11) is 1.82. The van der Waals surface area contributed by atoms with Crippen LogP contribution in [0, 0.1) is 6.92 Å². The number of aryl methyl sites for hydroxylation is 2. The number of hydrogen-bond donors (Lipinski definition) is 1. The van der Waals surface area contributed by atoms with Crippen molar-refractivity contribution in [2.45, 2.75) is 39.6 Å². The van der Waals surface area contributed by atoms with Gasteiger partial charge in [-0.05, 0) is 19.9 Å². The van der Waals surface area contributed by atoms with Gasteiger partial charge in [-0.15, -0.1) is 0 Å². The van der Waals surface area contributed by atoms with Gasteiger partial charge in [0, 0.05) is 38.3 Å². The van der Waals surface area contributed by atoms with E-state index in [0.717, 1.165) is 42.3 Å². The van der Waals surface area contributed by atoms with Gasteiger partial charge in [-0.25, -0.2) is 0 Å². The van der Waals surface area contributed by atoms with Crippen molar-refractivity contribution in [2.24, 2.45) is 7.05 Å². The molecule has 0 amide bonds. The number of aliphatic hydroxyl groups excluding tert-OH is 1. The van der Waals surface area contributed by atoms with Crippen molar-refractivity contribution in [1.82, 2.24) is 29.6 Å². The van der Waals surface area contributed by atoms with Crippen LogP contribution in [0.5, 0.6) is 0 Å². The van der Waals surface area contributed by atoms with Crippen LogP contribution in [0.25, 0.3) is 11.4 Å². The van der Waals surface area contributed by atoms with Crippen molar-refractivity contribution < 1.29 is 9.63 Å². The first-order chi connectivity index (χ1) is 12.4. The zero-order chi connectivity index (χ0) is 18.4. The minimum Gasteiger partial charge on any atom is -0.387 e. The maximum absolute atomic E-state index is 9.74. The maximum atomic E-state index is 9.74. The van der Waals surface area contributed by atoms with E-state index in [1.807, 2.05) is 30.8 Å². The van der Waals surface area contributed by atoms with Crippen molar-refractivity contribution in [1.29, 1.82) is 0 Å². The lowest BCUT2D eigenvalue weighted by Gasteiger charge is -2.27. The van der Waals surface area contributed by atoms with Crippen LogP contribution < -0.4 is 0 Å². The average molecular weight is 377 g/mol. The highest BCUT2D eigenvalue weighted by molar-refractivity contribution is 6.30. The van der Waals surface area contributed by atoms with E-state index < -0.39 is 6.10 Å². The number of halogens is 1. The Morgan fingerprint density at radius 3 is 2.81 bits per heavy atom. The Balaban J connectivity index is 1.60. The average Bonchev–Trinajstić information content (AvgIpc) is 3.28. The Kier molecular flexibility index (Phi) is 4.34. The number of hydrogen-bond acceptors (Lipinski definition) is 6. The van der Waals surface area contributed by atoms with Gasteiger partial charge in [0.15, 0.2) is 0 Å². The van der Waals surface area contributed by atoms with Gasteiger partial charge < -0.3 is 9.63 Å². The van der Waals surface area contributed by atoms with Crippen molar-refractivity contribution >= 4 is 11.6 Å². The third-order valence-corrected chi connectivity index (χ3v) is 5.12. The molecule has 26 heavy (non-hydrogen) atoms. The molecule has 4 rings (SSSR count). The molecule has 1 aliphatic heterocycles. The maximum Gasteiger partial charge on any atom is 0.134 e. The van der Waals surface area contributed by atoms with Gasteiger partial charge in [-0.2, -0.15) is 10.2 Å². The van der Waals surface area contributed by atoms with Crippen LogP contribution in [-0.4, -0.2) is 41.3 Å². The first-order valence-corrected chi connectivity index (χ1v) is 8.92. The lowest BCUT2D eigenvalue weighted by atomic mass is 10.1. The van der Waals surface area contributed by atoms with Crippen molar-refractivity contribution in [3.63, 3.8) is 0 Å². The van der Waals surface area contributed by atoms with E-state index >= 15 is 0 Å². The molecule has 0 unspecified atom stereocenters. The fourth-order valence-corrected chi connectivity index (χ4v) is 3.46. The molecule has 0 aromatic carbocycles. The lowest BCUT2D eigenvalue weighted by Crippen LogP contribution is -2.33. The van der Waals surface area contributed by atoms with Crippen LogP contribution in [0.4, 0.5) is 0 Å². The number of aromatic nitrogens is 5. The fraction of sp³-hybridized carbons (Fsp3) is 0.471. The predicted molar refractivity (Wildman–Crippen MR) is 95.4 cm³/mol. The highest BCUT2D eigenvalue weighted by Crippen LogP contribution is 2.30. The summed E-state index contributed by atoms with van der Waals surface area (Å²) < 4.78 is 8.82. The third kappa shape index (κ3) is 3.04. The smallest absolute Gasteiger partial charge is 0.134 e. The van der Waals surface area contributed by atoms with Gasteiger partial charge in [0.05, 0.1) is 24.0 Å². The molecule has 1 atom stereocenters. The molecule has 9 heteroatoms. The Bertz CT molecular complexity index is 941.